The molecule has 0 spiro atoms. The first-order chi connectivity index (χ1) is 15.6. The number of nitrogens with zero attached hydrogens (tertiary/aromatic N) is 4. The molecule has 0 aliphatic carbocycles. The number of thioether (sulfide) groups is 1. The summed E-state index contributed by atoms with van der Waals surface area (Å²) in [5.41, 5.74) is 2.77. The van der Waals surface area contributed by atoms with Crippen LogP contribution < -0.4 is 4.90 Å². The molecule has 166 valence electrons. The maximum Gasteiger partial charge on any atom is 0.253 e. The maximum absolute atomic E-state index is 13.0. The molecule has 0 N–H and O–H groups in total. The van der Waals surface area contributed by atoms with Crippen LogP contribution in [0.4, 0.5) is 5.69 Å². The normalized spacial score (nSPS) is 21.2. The third-order valence-corrected chi connectivity index (χ3v) is 7.40. The van der Waals surface area contributed by atoms with E-state index in [1.54, 1.807) is 21.6 Å². The van der Waals surface area contributed by atoms with E-state index in [0.717, 1.165) is 18.7 Å². The van der Waals surface area contributed by atoms with Crippen LogP contribution in [0.3, 0.4) is 0 Å². The molecule has 3 fully saturated rings. The van der Waals surface area contributed by atoms with E-state index in [1.165, 1.54) is 5.69 Å². The Hall–Kier alpha value is -3.00. The van der Waals surface area contributed by atoms with Gasteiger partial charge in [-0.2, -0.15) is 0 Å². The molecule has 1 atom stereocenters. The van der Waals surface area contributed by atoms with Crippen molar-refractivity contribution in [3.8, 4) is 0 Å². The number of hydrogen-bond donors (Lipinski definition) is 0. The number of carbonyl (C=O) groups is 3. The number of amides is 3. The first-order valence-electron chi connectivity index (χ1n) is 10.9. The summed E-state index contributed by atoms with van der Waals surface area (Å²) in [7, 11) is 0. The molecule has 0 radical (unpaired) electrons. The molecule has 7 nitrogen and oxygen atoms in total. The summed E-state index contributed by atoms with van der Waals surface area (Å²) in [4.78, 5) is 45.5. The molecule has 32 heavy (non-hydrogen) atoms. The van der Waals surface area contributed by atoms with Crippen LogP contribution in [0.15, 0.2) is 54.6 Å². The smallest absolute Gasteiger partial charge is 0.253 e. The fourth-order valence-corrected chi connectivity index (χ4v) is 5.70. The quantitative estimate of drug-likeness (QED) is 0.712. The van der Waals surface area contributed by atoms with Crippen LogP contribution in [0.2, 0.25) is 0 Å². The van der Waals surface area contributed by atoms with Crippen LogP contribution in [0.25, 0.3) is 0 Å². The standard InChI is InChI=1S/C24H26N4O3S/c29-22-15-27(24(31)21-16-32-17-28(21)22)14-18-6-8-19(9-7-18)23(30)26-12-10-25(11-13-26)20-4-2-1-3-5-20/h1-9,21H,10-17H2/t21-/m0/s1. The van der Waals surface area contributed by atoms with E-state index in [2.05, 4.69) is 17.0 Å². The number of fused-ring (bicyclic) bond motifs is 1. The lowest BCUT2D eigenvalue weighted by Crippen LogP contribution is -2.57. The van der Waals surface area contributed by atoms with Crippen molar-refractivity contribution in [2.75, 3.05) is 49.3 Å². The summed E-state index contributed by atoms with van der Waals surface area (Å²) in [6, 6.07) is 17.4. The lowest BCUT2D eigenvalue weighted by molar-refractivity contribution is -0.153. The average Bonchev–Trinajstić information content (AvgIpc) is 3.34. The number of anilines is 1. The van der Waals surface area contributed by atoms with Crippen LogP contribution in [-0.4, -0.2) is 82.8 Å². The van der Waals surface area contributed by atoms with E-state index >= 15 is 0 Å². The summed E-state index contributed by atoms with van der Waals surface area (Å²) in [5.74, 6) is 1.35. The Labute approximate surface area is 191 Å². The van der Waals surface area contributed by atoms with Gasteiger partial charge in [0.25, 0.3) is 5.91 Å². The van der Waals surface area contributed by atoms with Gasteiger partial charge in [0.05, 0.1) is 5.88 Å². The van der Waals surface area contributed by atoms with Gasteiger partial charge in [0.15, 0.2) is 0 Å². The van der Waals surface area contributed by atoms with E-state index in [4.69, 9.17) is 0 Å². The molecular formula is C24H26N4O3S. The van der Waals surface area contributed by atoms with Crippen LogP contribution >= 0.6 is 11.8 Å². The fraction of sp³-hybridized carbons (Fsp3) is 0.375. The van der Waals surface area contributed by atoms with Gasteiger partial charge in [-0.25, -0.2) is 0 Å². The van der Waals surface area contributed by atoms with E-state index in [-0.39, 0.29) is 30.3 Å². The topological polar surface area (TPSA) is 64.2 Å². The predicted molar refractivity (Wildman–Crippen MR) is 124 cm³/mol. The second-order valence-corrected chi connectivity index (χ2v) is 9.39. The molecule has 3 aliphatic rings. The number of carbonyl (C=O) groups excluding carboxylic acids is 3. The highest BCUT2D eigenvalue weighted by atomic mass is 32.2. The van der Waals surface area contributed by atoms with E-state index in [1.807, 2.05) is 47.4 Å². The Morgan fingerprint density at radius 3 is 2.38 bits per heavy atom. The molecule has 2 aromatic rings. The fourth-order valence-electron chi connectivity index (χ4n) is 4.53. The third-order valence-electron chi connectivity index (χ3n) is 6.39. The predicted octanol–water partition coefficient (Wildman–Crippen LogP) is 1.89. The third kappa shape index (κ3) is 4.07. The Kier molecular flexibility index (Phi) is 5.78. The number of piperazine rings is 2. The van der Waals surface area contributed by atoms with Crippen molar-refractivity contribution in [2.45, 2.75) is 12.6 Å². The molecule has 3 aliphatic heterocycles. The SMILES string of the molecule is O=C(c1ccc(CN2CC(=O)N3CSC[C@H]3C2=O)cc1)N1CCN(c2ccccc2)CC1. The zero-order chi connectivity index (χ0) is 22.1. The van der Waals surface area contributed by atoms with E-state index in [9.17, 15) is 14.4 Å². The molecule has 3 heterocycles. The molecule has 3 amide bonds. The molecule has 0 saturated carbocycles. The van der Waals surface area contributed by atoms with Crippen LogP contribution in [0.1, 0.15) is 15.9 Å². The summed E-state index contributed by atoms with van der Waals surface area (Å²) in [6.45, 7) is 3.53. The van der Waals surface area contributed by atoms with Gasteiger partial charge in [0.2, 0.25) is 11.8 Å². The van der Waals surface area contributed by atoms with Crippen molar-refractivity contribution in [1.29, 1.82) is 0 Å². The molecule has 0 unspecified atom stereocenters. The Morgan fingerprint density at radius 1 is 0.938 bits per heavy atom. The van der Waals surface area contributed by atoms with Gasteiger partial charge in [-0.3, -0.25) is 14.4 Å². The van der Waals surface area contributed by atoms with Crippen LogP contribution in [0, 0.1) is 0 Å². The van der Waals surface area contributed by atoms with Gasteiger partial charge >= 0.3 is 0 Å². The van der Waals surface area contributed by atoms with Crippen molar-refractivity contribution >= 4 is 35.2 Å². The highest BCUT2D eigenvalue weighted by Gasteiger charge is 2.42. The molecule has 8 heteroatoms. The zero-order valence-electron chi connectivity index (χ0n) is 17.9. The van der Waals surface area contributed by atoms with Crippen molar-refractivity contribution in [2.24, 2.45) is 0 Å². The Balaban J connectivity index is 1.18. The first kappa shape index (κ1) is 20.9. The second kappa shape index (κ2) is 8.86. The minimum atomic E-state index is -0.323. The highest BCUT2D eigenvalue weighted by Crippen LogP contribution is 2.27. The van der Waals surface area contributed by atoms with Gasteiger partial charge < -0.3 is 19.6 Å². The number of hydrogen-bond acceptors (Lipinski definition) is 5. The molecular weight excluding hydrogens is 424 g/mol. The van der Waals surface area contributed by atoms with Crippen molar-refractivity contribution in [3.05, 3.63) is 65.7 Å². The minimum absolute atomic E-state index is 0.0149. The largest absolute Gasteiger partial charge is 0.368 e. The maximum atomic E-state index is 13.0. The minimum Gasteiger partial charge on any atom is -0.368 e. The summed E-state index contributed by atoms with van der Waals surface area (Å²) in [6.07, 6.45) is 0. The first-order valence-corrected chi connectivity index (χ1v) is 12.1. The summed E-state index contributed by atoms with van der Waals surface area (Å²) >= 11 is 1.63. The van der Waals surface area contributed by atoms with Crippen molar-refractivity contribution in [1.82, 2.24) is 14.7 Å². The average molecular weight is 451 g/mol. The van der Waals surface area contributed by atoms with E-state index < -0.39 is 0 Å². The van der Waals surface area contributed by atoms with E-state index in [0.29, 0.717) is 36.8 Å². The van der Waals surface area contributed by atoms with Gasteiger partial charge in [0.1, 0.15) is 12.6 Å². The number of para-hydroxylation sites is 1. The molecule has 0 bridgehead atoms. The lowest BCUT2D eigenvalue weighted by Gasteiger charge is -2.36. The van der Waals surface area contributed by atoms with Gasteiger partial charge in [0, 0.05) is 49.7 Å². The molecule has 3 saturated heterocycles. The highest BCUT2D eigenvalue weighted by molar-refractivity contribution is 7.99. The van der Waals surface area contributed by atoms with Crippen molar-refractivity contribution < 1.29 is 14.4 Å². The number of rotatable bonds is 4. The van der Waals surface area contributed by atoms with Gasteiger partial charge in [-0.15, -0.1) is 11.8 Å². The summed E-state index contributed by atoms with van der Waals surface area (Å²) < 4.78 is 0. The molecule has 0 aromatic heterocycles. The Morgan fingerprint density at radius 2 is 1.66 bits per heavy atom. The monoisotopic (exact) mass is 450 g/mol. The number of benzene rings is 2. The summed E-state index contributed by atoms with van der Waals surface area (Å²) in [5, 5.41) is 0. The second-order valence-electron chi connectivity index (χ2n) is 8.39. The zero-order valence-corrected chi connectivity index (χ0v) is 18.7. The Bertz CT molecular complexity index is 1010. The van der Waals surface area contributed by atoms with Crippen molar-refractivity contribution in [3.63, 3.8) is 0 Å². The molecule has 2 aromatic carbocycles. The van der Waals surface area contributed by atoms with Crippen LogP contribution in [0.5, 0.6) is 0 Å². The van der Waals surface area contributed by atoms with Gasteiger partial charge in [-0.1, -0.05) is 30.3 Å². The van der Waals surface area contributed by atoms with Gasteiger partial charge in [-0.05, 0) is 29.8 Å². The lowest BCUT2D eigenvalue weighted by atomic mass is 10.1. The van der Waals surface area contributed by atoms with Crippen LogP contribution in [-0.2, 0) is 16.1 Å². The molecule has 5 rings (SSSR count).